The van der Waals surface area contributed by atoms with Crippen LogP contribution in [0.4, 0.5) is 13.2 Å². The maximum Gasteiger partial charge on any atom is 0.416 e. The lowest BCUT2D eigenvalue weighted by Crippen LogP contribution is -2.56. The van der Waals surface area contributed by atoms with Crippen LogP contribution >= 0.6 is 0 Å². The average Bonchev–Trinajstić information content (AvgIpc) is 3.47. The number of nitrogens with one attached hydrogen (secondary N) is 1. The van der Waals surface area contributed by atoms with Gasteiger partial charge in [-0.25, -0.2) is 0 Å². The first-order valence-corrected chi connectivity index (χ1v) is 14.9. The zero-order valence-electron chi connectivity index (χ0n) is 25.7. The van der Waals surface area contributed by atoms with E-state index in [4.69, 9.17) is 14.2 Å². The van der Waals surface area contributed by atoms with Crippen LogP contribution < -0.4 is 19.5 Å². The lowest BCUT2D eigenvalue weighted by Gasteiger charge is -2.41. The number of para-hydroxylation sites is 1. The Morgan fingerprint density at radius 3 is 2.34 bits per heavy atom. The standard InChI is InChI=1S/C34H35F3N2O8/c1-45-26-6-4-3-5-20(26)11-13-39(33(44)21-7-9-22(10-8-21)34(35,36)37)25-17-24(32(43)38-12-14-40)28-23-15-19(18-41)16-27(46-2)30(23)47-31(28)29(25)42/h3-10,15-17,25,28-29,31,40-42H,11-14,18H2,1-2H3,(H,38,43). The van der Waals surface area contributed by atoms with E-state index in [1.54, 1.807) is 36.4 Å². The molecule has 250 valence electrons. The fourth-order valence-corrected chi connectivity index (χ4v) is 6.12. The summed E-state index contributed by atoms with van der Waals surface area (Å²) in [6, 6.07) is 12.9. The minimum atomic E-state index is -4.61. The quantitative estimate of drug-likeness (QED) is 0.247. The zero-order chi connectivity index (χ0) is 33.9. The summed E-state index contributed by atoms with van der Waals surface area (Å²) in [7, 11) is 2.91. The Morgan fingerprint density at radius 2 is 1.70 bits per heavy atom. The molecule has 5 rings (SSSR count). The van der Waals surface area contributed by atoms with Crippen LogP contribution in [0.2, 0.25) is 0 Å². The summed E-state index contributed by atoms with van der Waals surface area (Å²) in [5.74, 6) is -1.02. The number of aliphatic hydroxyl groups is 3. The average molecular weight is 657 g/mol. The number of carbonyl (C=O) groups is 2. The molecule has 3 aromatic rings. The van der Waals surface area contributed by atoms with Gasteiger partial charge in [0.25, 0.3) is 5.91 Å². The first kappa shape index (κ1) is 33.8. The molecule has 4 N–H and O–H groups in total. The van der Waals surface area contributed by atoms with Gasteiger partial charge in [0.2, 0.25) is 5.91 Å². The Kier molecular flexibility index (Phi) is 10.1. The Bertz CT molecular complexity index is 1640. The van der Waals surface area contributed by atoms with Gasteiger partial charge in [-0.3, -0.25) is 9.59 Å². The van der Waals surface area contributed by atoms with Gasteiger partial charge in [-0.2, -0.15) is 13.2 Å². The van der Waals surface area contributed by atoms with E-state index >= 15 is 0 Å². The number of fused-ring (bicyclic) bond motifs is 3. The maximum atomic E-state index is 14.1. The van der Waals surface area contributed by atoms with Crippen molar-refractivity contribution >= 4 is 11.8 Å². The molecule has 2 aliphatic rings. The second kappa shape index (κ2) is 14.0. The van der Waals surface area contributed by atoms with Gasteiger partial charge in [-0.15, -0.1) is 0 Å². The van der Waals surface area contributed by atoms with Gasteiger partial charge in [-0.05, 0) is 66.1 Å². The van der Waals surface area contributed by atoms with Crippen LogP contribution in [0.3, 0.4) is 0 Å². The monoisotopic (exact) mass is 656 g/mol. The third-order valence-corrected chi connectivity index (χ3v) is 8.39. The van der Waals surface area contributed by atoms with Gasteiger partial charge >= 0.3 is 6.18 Å². The van der Waals surface area contributed by atoms with Crippen molar-refractivity contribution in [2.45, 2.75) is 43.4 Å². The fourth-order valence-electron chi connectivity index (χ4n) is 6.12. The van der Waals surface area contributed by atoms with Crippen molar-refractivity contribution in [3.05, 3.63) is 100 Å². The van der Waals surface area contributed by atoms with Gasteiger partial charge in [0.05, 0.1) is 45.0 Å². The number of aliphatic hydroxyl groups excluding tert-OH is 3. The molecule has 3 aromatic carbocycles. The van der Waals surface area contributed by atoms with Crippen LogP contribution in [0.25, 0.3) is 0 Å². The zero-order valence-corrected chi connectivity index (χ0v) is 25.7. The highest BCUT2D eigenvalue weighted by Gasteiger charge is 2.51. The van der Waals surface area contributed by atoms with Crippen molar-refractivity contribution in [2.75, 3.05) is 33.9 Å². The van der Waals surface area contributed by atoms with E-state index in [2.05, 4.69) is 5.32 Å². The van der Waals surface area contributed by atoms with Crippen LogP contribution in [-0.2, 0) is 24.0 Å². The third kappa shape index (κ3) is 6.78. The van der Waals surface area contributed by atoms with Crippen molar-refractivity contribution in [2.24, 2.45) is 0 Å². The minimum Gasteiger partial charge on any atom is -0.496 e. The number of benzene rings is 3. The van der Waals surface area contributed by atoms with Crippen molar-refractivity contribution < 1.29 is 52.3 Å². The summed E-state index contributed by atoms with van der Waals surface area (Å²) in [6.07, 6.45) is -5.42. The van der Waals surface area contributed by atoms with E-state index in [0.717, 1.165) is 29.8 Å². The van der Waals surface area contributed by atoms with E-state index in [1.807, 2.05) is 0 Å². The molecule has 1 aliphatic heterocycles. The predicted octanol–water partition coefficient (Wildman–Crippen LogP) is 3.22. The number of carbonyl (C=O) groups excluding carboxylic acids is 2. The van der Waals surface area contributed by atoms with Gasteiger partial charge < -0.3 is 39.7 Å². The summed E-state index contributed by atoms with van der Waals surface area (Å²) >= 11 is 0. The van der Waals surface area contributed by atoms with Crippen molar-refractivity contribution in [3.8, 4) is 17.2 Å². The normalized spacial score (nSPS) is 20.0. The number of amides is 2. The Labute approximate surface area is 269 Å². The van der Waals surface area contributed by atoms with E-state index in [1.165, 1.54) is 25.2 Å². The van der Waals surface area contributed by atoms with Gasteiger partial charge in [0.1, 0.15) is 18.0 Å². The fraction of sp³-hybridized carbons (Fsp3) is 0.353. The number of ether oxygens (including phenoxy) is 3. The SMILES string of the molecule is COc1ccccc1CCN(C(=O)c1ccc(C(F)(F)F)cc1)C1C=C(C(=O)NCCO)C2c3cc(CO)cc(OC)c3OC2C1O. The second-order valence-electron chi connectivity index (χ2n) is 11.2. The van der Waals surface area contributed by atoms with Crippen LogP contribution in [-0.4, -0.2) is 84.2 Å². The third-order valence-electron chi connectivity index (χ3n) is 8.39. The van der Waals surface area contributed by atoms with Gasteiger partial charge in [-0.1, -0.05) is 18.2 Å². The predicted molar refractivity (Wildman–Crippen MR) is 163 cm³/mol. The summed E-state index contributed by atoms with van der Waals surface area (Å²) in [4.78, 5) is 29.0. The maximum absolute atomic E-state index is 14.1. The summed E-state index contributed by atoms with van der Waals surface area (Å²) in [6.45, 7) is -0.769. The topological polar surface area (TPSA) is 138 Å². The van der Waals surface area contributed by atoms with Crippen LogP contribution in [0.1, 0.15) is 38.5 Å². The molecule has 0 radical (unpaired) electrons. The van der Waals surface area contributed by atoms with E-state index < -0.39 is 47.7 Å². The number of methoxy groups -OCH3 is 2. The molecular formula is C34H35F3N2O8. The lowest BCUT2D eigenvalue weighted by molar-refractivity contribution is -0.137. The number of alkyl halides is 3. The second-order valence-corrected chi connectivity index (χ2v) is 11.2. The molecule has 4 unspecified atom stereocenters. The summed E-state index contributed by atoms with van der Waals surface area (Å²) < 4.78 is 57.1. The number of hydrogen-bond donors (Lipinski definition) is 4. The molecule has 0 saturated heterocycles. The molecule has 4 atom stereocenters. The Morgan fingerprint density at radius 1 is 1.00 bits per heavy atom. The molecule has 1 heterocycles. The summed E-state index contributed by atoms with van der Waals surface area (Å²) in [5, 5.41) is 33.8. The van der Waals surface area contributed by atoms with Crippen LogP contribution in [0, 0.1) is 0 Å². The van der Waals surface area contributed by atoms with Crippen molar-refractivity contribution in [1.82, 2.24) is 10.2 Å². The molecule has 0 bridgehead atoms. The smallest absolute Gasteiger partial charge is 0.416 e. The molecule has 1 aliphatic carbocycles. The first-order valence-electron chi connectivity index (χ1n) is 14.9. The summed E-state index contributed by atoms with van der Waals surface area (Å²) in [5.41, 5.74) is 0.850. The molecule has 10 nitrogen and oxygen atoms in total. The van der Waals surface area contributed by atoms with Crippen molar-refractivity contribution in [3.63, 3.8) is 0 Å². The number of rotatable bonds is 11. The van der Waals surface area contributed by atoms with E-state index in [9.17, 15) is 38.1 Å². The Balaban J connectivity index is 1.60. The molecule has 2 amide bonds. The van der Waals surface area contributed by atoms with Gasteiger partial charge in [0.15, 0.2) is 11.5 Å². The number of hydrogen-bond acceptors (Lipinski definition) is 8. The van der Waals surface area contributed by atoms with Gasteiger partial charge in [0, 0.05) is 29.8 Å². The number of halogens is 3. The lowest BCUT2D eigenvalue weighted by atomic mass is 9.77. The molecular weight excluding hydrogens is 621 g/mol. The minimum absolute atomic E-state index is 0.0215. The van der Waals surface area contributed by atoms with Crippen LogP contribution in [0.15, 0.2) is 72.3 Å². The molecule has 0 fully saturated rings. The molecule has 0 spiro atoms. The van der Waals surface area contributed by atoms with E-state index in [0.29, 0.717) is 16.9 Å². The highest BCUT2D eigenvalue weighted by molar-refractivity contribution is 5.97. The largest absolute Gasteiger partial charge is 0.496 e. The van der Waals surface area contributed by atoms with E-state index in [-0.39, 0.29) is 55.4 Å². The molecule has 0 saturated carbocycles. The Hall–Kier alpha value is -4.59. The highest BCUT2D eigenvalue weighted by Crippen LogP contribution is 2.51. The first-order chi connectivity index (χ1) is 22.5. The molecule has 0 aromatic heterocycles. The number of nitrogens with zero attached hydrogens (tertiary/aromatic N) is 1. The molecule has 13 heteroatoms. The van der Waals surface area contributed by atoms with Crippen molar-refractivity contribution in [1.29, 1.82) is 0 Å². The van der Waals surface area contributed by atoms with Crippen LogP contribution in [0.5, 0.6) is 17.2 Å². The highest BCUT2D eigenvalue weighted by atomic mass is 19.4. The molecule has 47 heavy (non-hydrogen) atoms.